The number of carboxylic acids is 1. The van der Waals surface area contributed by atoms with Gasteiger partial charge in [0, 0.05) is 6.42 Å². The molecule has 1 saturated heterocycles. The molecule has 0 aromatic heterocycles. The van der Waals surface area contributed by atoms with E-state index in [0.29, 0.717) is 11.5 Å². The number of benzene rings is 2. The second-order valence-corrected chi connectivity index (χ2v) is 11.9. The van der Waals surface area contributed by atoms with Crippen molar-refractivity contribution in [3.63, 3.8) is 0 Å². The van der Waals surface area contributed by atoms with Crippen LogP contribution in [0.25, 0.3) is 0 Å². The zero-order valence-electron chi connectivity index (χ0n) is 20.7. The van der Waals surface area contributed by atoms with Crippen LogP contribution in [0.1, 0.15) is 46.1 Å². The minimum absolute atomic E-state index is 0.00234. The molecule has 0 aliphatic carbocycles. The summed E-state index contributed by atoms with van der Waals surface area (Å²) in [5.41, 5.74) is -1.83. The van der Waals surface area contributed by atoms with Crippen LogP contribution in [0.5, 0.6) is 5.75 Å². The van der Waals surface area contributed by atoms with Crippen molar-refractivity contribution in [3.05, 3.63) is 48.0 Å². The van der Waals surface area contributed by atoms with Crippen LogP contribution in [0.3, 0.4) is 0 Å². The molecule has 1 unspecified atom stereocenters. The van der Waals surface area contributed by atoms with Gasteiger partial charge in [-0.2, -0.15) is 13.2 Å². The summed E-state index contributed by atoms with van der Waals surface area (Å²) in [4.78, 5) is 10.5. The van der Waals surface area contributed by atoms with Crippen LogP contribution in [0, 0.1) is 0 Å². The van der Waals surface area contributed by atoms with Gasteiger partial charge in [0.05, 0.1) is 33.9 Å². The molecule has 1 atom stereocenters. The smallest absolute Gasteiger partial charge is 0.486 e. The lowest BCUT2D eigenvalue weighted by atomic mass is 9.78. The first kappa shape index (κ1) is 27.3. The van der Waals surface area contributed by atoms with Crippen LogP contribution in [0.2, 0.25) is 0 Å². The lowest BCUT2D eigenvalue weighted by molar-refractivity contribution is -0.138. The average Bonchev–Trinajstić information content (AvgIpc) is 3.03. The van der Waals surface area contributed by atoms with Crippen LogP contribution in [0.15, 0.2) is 47.4 Å². The van der Waals surface area contributed by atoms with Gasteiger partial charge in [-0.1, -0.05) is 12.1 Å². The van der Waals surface area contributed by atoms with E-state index < -0.39 is 57.1 Å². The maximum Gasteiger partial charge on any atom is 0.494 e. The molecule has 1 N–H and O–H groups in total. The van der Waals surface area contributed by atoms with E-state index in [-0.39, 0.29) is 30.8 Å². The Morgan fingerprint density at radius 2 is 1.76 bits per heavy atom. The fourth-order valence-electron chi connectivity index (χ4n) is 4.08. The van der Waals surface area contributed by atoms with Gasteiger partial charge in [-0.05, 0) is 69.9 Å². The van der Waals surface area contributed by atoms with E-state index in [9.17, 15) is 26.4 Å². The summed E-state index contributed by atoms with van der Waals surface area (Å²) in [6.07, 6.45) is -5.83. The van der Waals surface area contributed by atoms with Gasteiger partial charge < -0.3 is 19.2 Å². The van der Waals surface area contributed by atoms with E-state index in [4.69, 9.17) is 19.2 Å². The molecule has 2 aromatic rings. The highest BCUT2D eigenvalue weighted by Gasteiger charge is 2.52. The van der Waals surface area contributed by atoms with Gasteiger partial charge in [-0.25, -0.2) is 8.42 Å². The highest BCUT2D eigenvalue weighted by atomic mass is 32.2. The Labute approximate surface area is 213 Å². The summed E-state index contributed by atoms with van der Waals surface area (Å²) >= 11 is 0. The Hall–Kier alpha value is -2.77. The highest BCUT2D eigenvalue weighted by Crippen LogP contribution is 2.40. The van der Waals surface area contributed by atoms with Crippen LogP contribution in [-0.2, 0) is 30.3 Å². The van der Waals surface area contributed by atoms with Crippen molar-refractivity contribution >= 4 is 34.3 Å². The van der Waals surface area contributed by atoms with Crippen molar-refractivity contribution in [1.29, 1.82) is 0 Å². The maximum absolute atomic E-state index is 13.7. The molecule has 2 aliphatic heterocycles. The van der Waals surface area contributed by atoms with E-state index in [2.05, 4.69) is 0 Å². The molecule has 8 nitrogen and oxygen atoms in total. The molecule has 2 aliphatic rings. The molecule has 0 bridgehead atoms. The average molecular weight is 541 g/mol. The third kappa shape index (κ3) is 5.30. The lowest BCUT2D eigenvalue weighted by Crippen LogP contribution is -2.45. The number of hydrogen-bond donors (Lipinski definition) is 1. The van der Waals surface area contributed by atoms with E-state index in [1.807, 2.05) is 27.7 Å². The number of rotatable bonds is 6. The number of carboxylic acid groups (broad SMARTS) is 1. The zero-order valence-corrected chi connectivity index (χ0v) is 21.5. The van der Waals surface area contributed by atoms with Crippen molar-refractivity contribution in [2.75, 3.05) is 10.8 Å². The number of halogens is 3. The number of fused-ring (bicyclic) bond motifs is 1. The van der Waals surface area contributed by atoms with Gasteiger partial charge in [-0.3, -0.25) is 9.10 Å². The molecule has 1 fully saturated rings. The van der Waals surface area contributed by atoms with Gasteiger partial charge in [0.1, 0.15) is 11.9 Å². The number of hydrogen-bond acceptors (Lipinski definition) is 6. The van der Waals surface area contributed by atoms with Gasteiger partial charge >= 0.3 is 19.3 Å². The number of ether oxygens (including phenoxy) is 1. The molecule has 2 heterocycles. The largest absolute Gasteiger partial charge is 0.494 e. The zero-order chi connectivity index (χ0) is 27.4. The topological polar surface area (TPSA) is 102 Å². The van der Waals surface area contributed by atoms with Gasteiger partial charge in [0.25, 0.3) is 10.0 Å². The fraction of sp³-hybridized carbons (Fsp3) is 0.458. The summed E-state index contributed by atoms with van der Waals surface area (Å²) < 4.78 is 86.3. The Kier molecular flexibility index (Phi) is 6.79. The number of sulfonamides is 1. The molecule has 2 aromatic carbocycles. The number of nitrogens with zero attached hydrogens (tertiary/aromatic N) is 1. The summed E-state index contributed by atoms with van der Waals surface area (Å²) in [6, 6.07) is 8.17. The van der Waals surface area contributed by atoms with E-state index in [1.165, 1.54) is 12.1 Å². The highest BCUT2D eigenvalue weighted by molar-refractivity contribution is 7.92. The normalized spacial score (nSPS) is 20.9. The van der Waals surface area contributed by atoms with Crippen molar-refractivity contribution in [2.24, 2.45) is 0 Å². The molecule has 200 valence electrons. The molecule has 0 radical (unpaired) electrons. The van der Waals surface area contributed by atoms with Crippen molar-refractivity contribution in [1.82, 2.24) is 0 Å². The van der Waals surface area contributed by atoms with E-state index in [1.54, 1.807) is 6.07 Å². The molecule has 37 heavy (non-hydrogen) atoms. The molecule has 0 amide bonds. The second kappa shape index (κ2) is 9.21. The first-order chi connectivity index (χ1) is 17.0. The maximum atomic E-state index is 13.7. The predicted molar refractivity (Wildman–Crippen MR) is 129 cm³/mol. The minimum Gasteiger partial charge on any atom is -0.486 e. The predicted octanol–water partition coefficient (Wildman–Crippen LogP) is 3.83. The van der Waals surface area contributed by atoms with Crippen molar-refractivity contribution in [2.45, 2.75) is 68.9 Å². The third-order valence-corrected chi connectivity index (χ3v) is 8.65. The Morgan fingerprint density at radius 3 is 2.35 bits per heavy atom. The molecular formula is C24H27BF3NO7S. The van der Waals surface area contributed by atoms with Crippen molar-refractivity contribution < 1.29 is 45.5 Å². The van der Waals surface area contributed by atoms with Crippen LogP contribution in [-0.4, -0.2) is 50.5 Å². The number of carbonyl (C=O) groups is 1. The standard InChI is InChI=1S/C24H27BF3NO7S/c1-22(2)23(3,4)36-25(35-22)16-8-10-20-19(13-16)29(14-17(34-20)9-11-21(30)31)37(32,33)18-7-5-6-15(12-18)24(26,27)28/h5-8,10,12-13,17H,9,11,14H2,1-4H3,(H,30,31). The van der Waals surface area contributed by atoms with E-state index in [0.717, 1.165) is 22.5 Å². The molecule has 0 spiro atoms. The number of anilines is 1. The molecule has 4 rings (SSSR count). The van der Waals surface area contributed by atoms with Crippen LogP contribution in [0.4, 0.5) is 18.9 Å². The first-order valence-electron chi connectivity index (χ1n) is 11.6. The van der Waals surface area contributed by atoms with Crippen LogP contribution >= 0.6 is 0 Å². The van der Waals surface area contributed by atoms with Crippen molar-refractivity contribution in [3.8, 4) is 5.75 Å². The fourth-order valence-corrected chi connectivity index (χ4v) is 5.62. The molecule has 0 saturated carbocycles. The van der Waals surface area contributed by atoms with Gasteiger partial charge in [-0.15, -0.1) is 0 Å². The molecule has 13 heteroatoms. The minimum atomic E-state index is -4.73. The quantitative estimate of drug-likeness (QED) is 0.555. The first-order valence-corrected chi connectivity index (χ1v) is 13.0. The van der Waals surface area contributed by atoms with Gasteiger partial charge in [0.15, 0.2) is 0 Å². The SMILES string of the molecule is CC1(C)OB(c2ccc3c(c2)N(S(=O)(=O)c2cccc(C(F)(F)F)c2)CC(CCC(=O)O)O3)OC1(C)C. The Balaban J connectivity index is 1.77. The summed E-state index contributed by atoms with van der Waals surface area (Å²) in [5, 5.41) is 9.07. The second-order valence-electron chi connectivity index (χ2n) is 10.0. The van der Waals surface area contributed by atoms with Crippen LogP contribution < -0.4 is 14.5 Å². The lowest BCUT2D eigenvalue weighted by Gasteiger charge is -2.36. The summed E-state index contributed by atoms with van der Waals surface area (Å²) in [6.45, 7) is 7.18. The third-order valence-electron chi connectivity index (χ3n) is 6.87. The summed E-state index contributed by atoms with van der Waals surface area (Å²) in [7, 11) is -5.31. The number of aliphatic carboxylic acids is 1. The summed E-state index contributed by atoms with van der Waals surface area (Å²) in [5.74, 6) is -0.935. The number of alkyl halides is 3. The Bertz CT molecular complexity index is 1300. The molecular weight excluding hydrogens is 514 g/mol. The van der Waals surface area contributed by atoms with Gasteiger partial charge in [0.2, 0.25) is 0 Å². The monoisotopic (exact) mass is 541 g/mol. The van der Waals surface area contributed by atoms with E-state index >= 15 is 0 Å². The Morgan fingerprint density at radius 1 is 1.11 bits per heavy atom.